The lowest BCUT2D eigenvalue weighted by molar-refractivity contribution is -0.119. The molecule has 1 aromatic carbocycles. The molecule has 8 heteroatoms. The van der Waals surface area contributed by atoms with Gasteiger partial charge in [-0.2, -0.15) is 0 Å². The second-order valence-corrected chi connectivity index (χ2v) is 5.08. The van der Waals surface area contributed by atoms with Crippen molar-refractivity contribution in [3.8, 4) is 0 Å². The number of aryl methyl sites for hydroxylation is 1. The molecule has 1 aromatic heterocycles. The highest BCUT2D eigenvalue weighted by molar-refractivity contribution is 6.39. The van der Waals surface area contributed by atoms with Crippen molar-refractivity contribution in [1.29, 1.82) is 0 Å². The van der Waals surface area contributed by atoms with Crippen LogP contribution in [0, 0.1) is 6.92 Å². The van der Waals surface area contributed by atoms with Crippen molar-refractivity contribution in [3.63, 3.8) is 0 Å². The van der Waals surface area contributed by atoms with Gasteiger partial charge in [0.25, 0.3) is 5.91 Å². The number of aromatic nitrogens is 2. The summed E-state index contributed by atoms with van der Waals surface area (Å²) in [7, 11) is 0. The maximum Gasteiger partial charge on any atom is 0.359 e. The average Bonchev–Trinajstić information content (AvgIpc) is 2.49. The van der Waals surface area contributed by atoms with Crippen LogP contribution in [0.2, 0.25) is 10.0 Å². The quantitative estimate of drug-likeness (QED) is 0.866. The van der Waals surface area contributed by atoms with Crippen LogP contribution < -0.4 is 5.32 Å². The number of nitrogens with one attached hydrogen (secondary N) is 1. The monoisotopic (exact) mass is 339 g/mol. The number of hydrogen-bond acceptors (Lipinski definition) is 5. The Morgan fingerprint density at radius 3 is 2.45 bits per heavy atom. The van der Waals surface area contributed by atoms with Gasteiger partial charge in [-0.25, -0.2) is 9.78 Å². The van der Waals surface area contributed by atoms with Crippen LogP contribution in [0.25, 0.3) is 0 Å². The van der Waals surface area contributed by atoms with Gasteiger partial charge in [0.2, 0.25) is 0 Å². The van der Waals surface area contributed by atoms with Crippen molar-refractivity contribution in [3.05, 3.63) is 52.0 Å². The molecule has 0 radical (unpaired) electrons. The molecule has 1 N–H and O–H groups in total. The first-order valence-electron chi connectivity index (χ1n) is 6.17. The number of ether oxygens (including phenoxy) is 1. The predicted octanol–water partition coefficient (Wildman–Crippen LogP) is 2.89. The Morgan fingerprint density at radius 2 is 1.86 bits per heavy atom. The van der Waals surface area contributed by atoms with E-state index in [1.54, 1.807) is 25.1 Å². The molecule has 114 valence electrons. The number of amides is 1. The van der Waals surface area contributed by atoms with Gasteiger partial charge in [0.1, 0.15) is 0 Å². The summed E-state index contributed by atoms with van der Waals surface area (Å²) in [6.07, 6.45) is 2.71. The van der Waals surface area contributed by atoms with Crippen LogP contribution in [0.4, 0.5) is 5.69 Å². The largest absolute Gasteiger partial charge is 0.451 e. The SMILES string of the molecule is Cc1cnc(C(=O)OCC(=O)Nc2c(Cl)cccc2Cl)cn1. The zero-order valence-electron chi connectivity index (χ0n) is 11.5. The third kappa shape index (κ3) is 4.16. The fourth-order valence-corrected chi connectivity index (χ4v) is 1.99. The molecule has 0 aliphatic carbocycles. The smallest absolute Gasteiger partial charge is 0.359 e. The Hall–Kier alpha value is -2.18. The summed E-state index contributed by atoms with van der Waals surface area (Å²) in [4.78, 5) is 31.2. The molecule has 1 heterocycles. The van der Waals surface area contributed by atoms with Crippen molar-refractivity contribution in [2.45, 2.75) is 6.92 Å². The maximum absolute atomic E-state index is 11.8. The van der Waals surface area contributed by atoms with E-state index in [1.165, 1.54) is 12.4 Å². The van der Waals surface area contributed by atoms with Crippen LogP contribution >= 0.6 is 23.2 Å². The van der Waals surface area contributed by atoms with Gasteiger partial charge in [0.15, 0.2) is 12.3 Å². The average molecular weight is 340 g/mol. The molecular weight excluding hydrogens is 329 g/mol. The van der Waals surface area contributed by atoms with Crippen LogP contribution in [0.3, 0.4) is 0 Å². The molecule has 2 aromatic rings. The third-order valence-corrected chi connectivity index (χ3v) is 3.18. The van der Waals surface area contributed by atoms with Crippen molar-refractivity contribution in [2.75, 3.05) is 11.9 Å². The highest BCUT2D eigenvalue weighted by Crippen LogP contribution is 2.29. The lowest BCUT2D eigenvalue weighted by Crippen LogP contribution is -2.21. The Labute approximate surface area is 136 Å². The van der Waals surface area contributed by atoms with E-state index in [-0.39, 0.29) is 21.4 Å². The first-order valence-corrected chi connectivity index (χ1v) is 6.92. The van der Waals surface area contributed by atoms with E-state index in [1.807, 2.05) is 0 Å². The number of para-hydroxylation sites is 1. The molecule has 0 saturated heterocycles. The van der Waals surface area contributed by atoms with E-state index in [0.29, 0.717) is 5.69 Å². The Balaban J connectivity index is 1.93. The topological polar surface area (TPSA) is 81.2 Å². The van der Waals surface area contributed by atoms with Crippen LogP contribution in [-0.2, 0) is 9.53 Å². The van der Waals surface area contributed by atoms with Crippen molar-refractivity contribution >= 4 is 40.8 Å². The van der Waals surface area contributed by atoms with Gasteiger partial charge >= 0.3 is 5.97 Å². The zero-order chi connectivity index (χ0) is 16.1. The number of esters is 1. The van der Waals surface area contributed by atoms with Crippen LogP contribution in [0.15, 0.2) is 30.6 Å². The molecule has 0 aliphatic heterocycles. The zero-order valence-corrected chi connectivity index (χ0v) is 13.0. The lowest BCUT2D eigenvalue weighted by atomic mass is 10.3. The minimum absolute atomic E-state index is 0.0224. The number of rotatable bonds is 4. The molecular formula is C14H11Cl2N3O3. The first kappa shape index (κ1) is 16.2. The minimum atomic E-state index is -0.743. The summed E-state index contributed by atoms with van der Waals surface area (Å²) >= 11 is 11.8. The summed E-state index contributed by atoms with van der Waals surface area (Å²) in [5.74, 6) is -1.31. The van der Waals surface area contributed by atoms with E-state index < -0.39 is 18.5 Å². The van der Waals surface area contributed by atoms with Gasteiger partial charge in [-0.05, 0) is 19.1 Å². The summed E-state index contributed by atoms with van der Waals surface area (Å²) in [6, 6.07) is 4.81. The van der Waals surface area contributed by atoms with Crippen LogP contribution in [0.1, 0.15) is 16.2 Å². The number of nitrogens with zero attached hydrogens (tertiary/aromatic N) is 2. The van der Waals surface area contributed by atoms with E-state index >= 15 is 0 Å². The molecule has 0 bridgehead atoms. The van der Waals surface area contributed by atoms with Gasteiger partial charge in [0, 0.05) is 6.20 Å². The van der Waals surface area contributed by atoms with E-state index in [4.69, 9.17) is 27.9 Å². The number of carbonyl (C=O) groups is 2. The first-order chi connectivity index (χ1) is 10.5. The lowest BCUT2D eigenvalue weighted by Gasteiger charge is -2.09. The van der Waals surface area contributed by atoms with Gasteiger partial charge in [-0.3, -0.25) is 9.78 Å². The van der Waals surface area contributed by atoms with E-state index in [2.05, 4.69) is 15.3 Å². The van der Waals surface area contributed by atoms with E-state index in [0.717, 1.165) is 0 Å². The molecule has 0 atom stereocenters. The molecule has 0 spiro atoms. The summed E-state index contributed by atoms with van der Waals surface area (Å²) < 4.78 is 4.84. The number of benzene rings is 1. The normalized spacial score (nSPS) is 10.1. The number of anilines is 1. The van der Waals surface area contributed by atoms with Crippen molar-refractivity contribution in [2.24, 2.45) is 0 Å². The summed E-state index contributed by atoms with van der Waals surface area (Å²) in [6.45, 7) is 1.25. The standard InChI is InChI=1S/C14H11Cl2N3O3/c1-8-5-18-11(6-17-8)14(21)22-7-12(20)19-13-9(15)3-2-4-10(13)16/h2-6H,7H2,1H3,(H,19,20). The van der Waals surface area contributed by atoms with Crippen LogP contribution in [-0.4, -0.2) is 28.5 Å². The summed E-state index contributed by atoms with van der Waals surface area (Å²) in [5, 5.41) is 3.06. The van der Waals surface area contributed by atoms with Crippen molar-refractivity contribution in [1.82, 2.24) is 9.97 Å². The molecule has 6 nitrogen and oxygen atoms in total. The van der Waals surface area contributed by atoms with Gasteiger partial charge in [-0.1, -0.05) is 29.3 Å². The third-order valence-electron chi connectivity index (χ3n) is 2.55. The van der Waals surface area contributed by atoms with Gasteiger partial charge in [-0.15, -0.1) is 0 Å². The van der Waals surface area contributed by atoms with Crippen molar-refractivity contribution < 1.29 is 14.3 Å². The highest BCUT2D eigenvalue weighted by Gasteiger charge is 2.14. The number of halogens is 2. The number of hydrogen-bond donors (Lipinski definition) is 1. The highest BCUT2D eigenvalue weighted by atomic mass is 35.5. The minimum Gasteiger partial charge on any atom is -0.451 e. The van der Waals surface area contributed by atoms with Gasteiger partial charge < -0.3 is 10.1 Å². The molecule has 1 amide bonds. The predicted molar refractivity (Wildman–Crippen MR) is 82.1 cm³/mol. The van der Waals surface area contributed by atoms with Crippen LogP contribution in [0.5, 0.6) is 0 Å². The summed E-state index contributed by atoms with van der Waals surface area (Å²) in [5.41, 5.74) is 0.957. The van der Waals surface area contributed by atoms with Gasteiger partial charge in [0.05, 0.1) is 27.6 Å². The Bertz CT molecular complexity index is 685. The molecule has 0 saturated carbocycles. The second-order valence-electron chi connectivity index (χ2n) is 4.26. The molecule has 0 aliphatic rings. The molecule has 0 unspecified atom stereocenters. The Morgan fingerprint density at radius 1 is 1.18 bits per heavy atom. The fourth-order valence-electron chi connectivity index (χ4n) is 1.50. The molecule has 0 fully saturated rings. The number of carbonyl (C=O) groups excluding carboxylic acids is 2. The Kier molecular flexibility index (Phi) is 5.30. The molecule has 22 heavy (non-hydrogen) atoms. The van der Waals surface area contributed by atoms with E-state index in [9.17, 15) is 9.59 Å². The maximum atomic E-state index is 11.8. The molecule has 2 rings (SSSR count). The fraction of sp³-hybridized carbons (Fsp3) is 0.143. The second kappa shape index (κ2) is 7.20.